The third-order valence-electron chi connectivity index (χ3n) is 7.02. The Balaban J connectivity index is 1.62. The highest BCUT2D eigenvalue weighted by atomic mass is 16.5. The van der Waals surface area contributed by atoms with Crippen LogP contribution in [0.25, 0.3) is 38.3 Å². The number of rotatable bonds is 0. The fraction of sp³-hybridized carbons (Fsp3) is 0. The normalized spacial score (nSPS) is 13.4. The molecule has 0 bridgehead atoms. The topological polar surface area (TPSA) is 14.2 Å². The molecule has 8 rings (SSSR count). The Hall–Kier alpha value is -3.98. The number of hydrogen-bond acceptors (Lipinski definition) is 1. The first kappa shape index (κ1) is 15.8. The average Bonchev–Trinajstić information content (AvgIpc) is 3.14. The van der Waals surface area contributed by atoms with Gasteiger partial charge in [-0.1, -0.05) is 66.7 Å². The van der Waals surface area contributed by atoms with Crippen LogP contribution in [0.1, 0.15) is 0 Å². The fourth-order valence-corrected chi connectivity index (χ4v) is 5.78. The monoisotopic (exact) mass is 393 g/mol. The summed E-state index contributed by atoms with van der Waals surface area (Å²) in [6.45, 7) is 0.186. The van der Waals surface area contributed by atoms with Crippen LogP contribution in [-0.2, 0) is 0 Å². The second-order valence-electron chi connectivity index (χ2n) is 8.56. The second kappa shape index (κ2) is 5.38. The van der Waals surface area contributed by atoms with Crippen molar-refractivity contribution in [3.8, 4) is 17.2 Å². The Bertz CT molecular complexity index is 1730. The molecular weight excluding hydrogens is 377 g/mol. The molecule has 1 aromatic heterocycles. The Morgan fingerprint density at radius 2 is 1.35 bits per heavy atom. The smallest absolute Gasteiger partial charge is 0.256 e. The summed E-state index contributed by atoms with van der Waals surface area (Å²) in [6, 6.07) is 35.0. The van der Waals surface area contributed by atoms with E-state index >= 15 is 0 Å². The summed E-state index contributed by atoms with van der Waals surface area (Å²) in [7, 11) is 0. The minimum Gasteiger partial charge on any atom is -0.458 e. The van der Waals surface area contributed by atoms with Crippen LogP contribution in [0.5, 0.6) is 11.5 Å². The highest BCUT2D eigenvalue weighted by Crippen LogP contribution is 2.38. The summed E-state index contributed by atoms with van der Waals surface area (Å²) in [5.41, 5.74) is 7.67. The average molecular weight is 393 g/mol. The molecule has 6 aromatic rings. The number of para-hydroxylation sites is 2. The standard InChI is InChI=1S/C28H16BNO/c1-2-8-18-16-24-20(15-17(18)7-1)19-9-5-11-22-28(19)30(24)23-12-6-14-26-27(23)29(22)21-10-3-4-13-25(21)31-26/h1-16H. The molecule has 0 aliphatic carbocycles. The SMILES string of the molecule is c1ccc2c(c1)Oc1cccc3c1B2c1cccc2c4cc5ccccc5cc4n-3c12. The Morgan fingerprint density at radius 1 is 0.613 bits per heavy atom. The number of nitrogens with zero attached hydrogens (tertiary/aromatic N) is 1. The second-order valence-corrected chi connectivity index (χ2v) is 8.56. The van der Waals surface area contributed by atoms with Gasteiger partial charge in [0.1, 0.15) is 11.5 Å². The molecule has 142 valence electrons. The maximum absolute atomic E-state index is 6.38. The molecule has 0 unspecified atom stereocenters. The van der Waals surface area contributed by atoms with Gasteiger partial charge in [-0.2, -0.15) is 0 Å². The molecule has 2 aliphatic heterocycles. The molecule has 0 saturated heterocycles. The minimum absolute atomic E-state index is 0.186. The van der Waals surface area contributed by atoms with Crippen molar-refractivity contribution < 1.29 is 4.74 Å². The van der Waals surface area contributed by atoms with Gasteiger partial charge in [0.2, 0.25) is 0 Å². The Labute approximate surface area is 179 Å². The first-order chi connectivity index (χ1) is 15.4. The van der Waals surface area contributed by atoms with Crippen molar-refractivity contribution in [3.05, 3.63) is 97.1 Å². The molecule has 3 heteroatoms. The molecule has 0 saturated carbocycles. The van der Waals surface area contributed by atoms with Crippen molar-refractivity contribution in [3.63, 3.8) is 0 Å². The maximum atomic E-state index is 6.38. The van der Waals surface area contributed by atoms with E-state index in [9.17, 15) is 0 Å². The third kappa shape index (κ3) is 1.85. The summed E-state index contributed by atoms with van der Waals surface area (Å²) in [5, 5.41) is 5.17. The van der Waals surface area contributed by atoms with Crippen molar-refractivity contribution in [1.29, 1.82) is 0 Å². The van der Waals surface area contributed by atoms with E-state index in [1.165, 1.54) is 54.7 Å². The van der Waals surface area contributed by atoms with Crippen LogP contribution >= 0.6 is 0 Å². The van der Waals surface area contributed by atoms with E-state index < -0.39 is 0 Å². The summed E-state index contributed by atoms with van der Waals surface area (Å²) in [6.07, 6.45) is 0. The molecule has 5 aromatic carbocycles. The Morgan fingerprint density at radius 3 is 2.29 bits per heavy atom. The summed E-state index contributed by atoms with van der Waals surface area (Å²) < 4.78 is 8.84. The number of fused-ring (bicyclic) bond motifs is 8. The molecule has 2 nitrogen and oxygen atoms in total. The number of hydrogen-bond donors (Lipinski definition) is 0. The molecule has 0 atom stereocenters. The van der Waals surface area contributed by atoms with Crippen LogP contribution in [0, 0.1) is 0 Å². The molecule has 3 heterocycles. The van der Waals surface area contributed by atoms with E-state index in [0.29, 0.717) is 0 Å². The van der Waals surface area contributed by atoms with Crippen LogP contribution in [-0.4, -0.2) is 11.3 Å². The van der Waals surface area contributed by atoms with E-state index in [1.54, 1.807) is 0 Å². The van der Waals surface area contributed by atoms with Crippen LogP contribution in [0.3, 0.4) is 0 Å². The van der Waals surface area contributed by atoms with E-state index in [-0.39, 0.29) is 6.71 Å². The third-order valence-corrected chi connectivity index (χ3v) is 7.02. The van der Waals surface area contributed by atoms with Crippen LogP contribution in [0.2, 0.25) is 0 Å². The zero-order valence-electron chi connectivity index (χ0n) is 16.7. The number of aromatic nitrogens is 1. The lowest BCUT2D eigenvalue weighted by Crippen LogP contribution is -2.58. The van der Waals surface area contributed by atoms with Crippen LogP contribution in [0.4, 0.5) is 0 Å². The molecule has 31 heavy (non-hydrogen) atoms. The quantitative estimate of drug-likeness (QED) is 0.335. The van der Waals surface area contributed by atoms with Crippen molar-refractivity contribution >= 4 is 55.7 Å². The van der Waals surface area contributed by atoms with Gasteiger partial charge in [0, 0.05) is 22.0 Å². The first-order valence-corrected chi connectivity index (χ1v) is 10.7. The van der Waals surface area contributed by atoms with Crippen molar-refractivity contribution in [2.45, 2.75) is 0 Å². The summed E-state index contributed by atoms with van der Waals surface area (Å²) in [5.74, 6) is 1.93. The van der Waals surface area contributed by atoms with Crippen molar-refractivity contribution in [2.24, 2.45) is 0 Å². The highest BCUT2D eigenvalue weighted by molar-refractivity contribution is 6.99. The molecule has 0 fully saturated rings. The van der Waals surface area contributed by atoms with E-state index in [2.05, 4.69) is 102 Å². The van der Waals surface area contributed by atoms with Gasteiger partial charge in [0.25, 0.3) is 6.71 Å². The van der Waals surface area contributed by atoms with Gasteiger partial charge in [-0.3, -0.25) is 0 Å². The minimum atomic E-state index is 0.186. The lowest BCUT2D eigenvalue weighted by atomic mass is 9.34. The Kier molecular flexibility index (Phi) is 2.75. The lowest BCUT2D eigenvalue weighted by Gasteiger charge is -2.33. The molecule has 0 spiro atoms. The summed E-state index contributed by atoms with van der Waals surface area (Å²) >= 11 is 0. The molecular formula is C28H16BNO. The van der Waals surface area contributed by atoms with E-state index in [4.69, 9.17) is 4.74 Å². The van der Waals surface area contributed by atoms with Gasteiger partial charge in [-0.25, -0.2) is 0 Å². The highest BCUT2D eigenvalue weighted by Gasteiger charge is 2.39. The number of benzene rings is 5. The lowest BCUT2D eigenvalue weighted by molar-refractivity contribution is 0.487. The summed E-state index contributed by atoms with van der Waals surface area (Å²) in [4.78, 5) is 0. The van der Waals surface area contributed by atoms with Gasteiger partial charge < -0.3 is 9.30 Å². The van der Waals surface area contributed by atoms with Gasteiger partial charge in [0.15, 0.2) is 0 Å². The maximum Gasteiger partial charge on any atom is 0.256 e. The van der Waals surface area contributed by atoms with E-state index in [1.807, 2.05) is 0 Å². The van der Waals surface area contributed by atoms with E-state index in [0.717, 1.165) is 11.5 Å². The van der Waals surface area contributed by atoms with Gasteiger partial charge >= 0.3 is 0 Å². The van der Waals surface area contributed by atoms with Crippen molar-refractivity contribution in [2.75, 3.05) is 0 Å². The molecule has 0 amide bonds. The van der Waals surface area contributed by atoms with Gasteiger partial charge in [-0.15, -0.1) is 0 Å². The van der Waals surface area contributed by atoms with Gasteiger partial charge in [0.05, 0.1) is 5.52 Å². The largest absolute Gasteiger partial charge is 0.458 e. The van der Waals surface area contributed by atoms with Crippen LogP contribution < -0.4 is 21.1 Å². The first-order valence-electron chi connectivity index (χ1n) is 10.7. The predicted molar refractivity (Wildman–Crippen MR) is 129 cm³/mol. The molecule has 0 radical (unpaired) electrons. The molecule has 2 aliphatic rings. The predicted octanol–water partition coefficient (Wildman–Crippen LogP) is 4.87. The fourth-order valence-electron chi connectivity index (χ4n) is 5.78. The van der Waals surface area contributed by atoms with Gasteiger partial charge in [-0.05, 0) is 57.5 Å². The molecule has 0 N–H and O–H groups in total. The van der Waals surface area contributed by atoms with Crippen molar-refractivity contribution in [1.82, 2.24) is 4.57 Å². The van der Waals surface area contributed by atoms with Crippen LogP contribution in [0.15, 0.2) is 97.1 Å². The zero-order valence-corrected chi connectivity index (χ0v) is 16.7. The zero-order chi connectivity index (χ0) is 20.1. The number of ether oxygens (including phenoxy) is 1.